The number of benzene rings is 3. The van der Waals surface area contributed by atoms with Crippen molar-refractivity contribution in [3.8, 4) is 17.2 Å². The molecule has 0 aliphatic rings. The second-order valence-corrected chi connectivity index (χ2v) is 18.3. The highest BCUT2D eigenvalue weighted by atomic mass is 17.2. The lowest BCUT2D eigenvalue weighted by molar-refractivity contribution is -0.249. The molecule has 0 amide bonds. The molecule has 64 heavy (non-hydrogen) atoms. The zero-order valence-electron chi connectivity index (χ0n) is 41.1. The number of hydrogen-bond donors (Lipinski definition) is 0. The Labute approximate surface area is 392 Å². The van der Waals surface area contributed by atoms with Crippen LogP contribution in [0.5, 0.6) is 17.2 Å². The Hall–Kier alpha value is -3.10. The van der Waals surface area contributed by atoms with E-state index in [-0.39, 0.29) is 18.1 Å². The molecule has 7 heteroatoms. The molecule has 3 unspecified atom stereocenters. The van der Waals surface area contributed by atoms with E-state index in [1.165, 1.54) is 154 Å². The van der Waals surface area contributed by atoms with Crippen LogP contribution in [0.2, 0.25) is 0 Å². The lowest BCUT2D eigenvalue weighted by Crippen LogP contribution is -2.55. The van der Waals surface area contributed by atoms with E-state index in [1.54, 1.807) is 0 Å². The van der Waals surface area contributed by atoms with Gasteiger partial charge in [-0.25, -0.2) is 0 Å². The first kappa shape index (κ1) is 55.2. The molecule has 7 nitrogen and oxygen atoms in total. The molecule has 0 saturated heterocycles. The van der Waals surface area contributed by atoms with Crippen molar-refractivity contribution in [1.29, 1.82) is 0 Å². The SMILES string of the molecule is CCCCCCCCCCCC(COOc1ccccc1)N(C(CCCCCCCCCCC)COOc1ccccc1)C(CCCCCCCCCCC)COOc1ccccc1. The van der Waals surface area contributed by atoms with Crippen LogP contribution < -0.4 is 14.7 Å². The third-order valence-electron chi connectivity index (χ3n) is 12.7. The van der Waals surface area contributed by atoms with Gasteiger partial charge in [-0.15, -0.1) is 0 Å². The third kappa shape index (κ3) is 28.1. The Morgan fingerprint density at radius 3 is 0.750 bits per heavy atom. The average Bonchev–Trinajstić information content (AvgIpc) is 3.32. The molecule has 3 aromatic rings. The summed E-state index contributed by atoms with van der Waals surface area (Å²) in [6.07, 6.45) is 37.8. The van der Waals surface area contributed by atoms with Crippen LogP contribution >= 0.6 is 0 Å². The van der Waals surface area contributed by atoms with Gasteiger partial charge in [0.05, 0.1) is 0 Å². The quantitative estimate of drug-likeness (QED) is 0.0318. The monoisotopic (exact) mass is 888 g/mol. The fourth-order valence-electron chi connectivity index (χ4n) is 8.89. The smallest absolute Gasteiger partial charge is 0.165 e. The van der Waals surface area contributed by atoms with Crippen molar-refractivity contribution in [2.24, 2.45) is 0 Å². The van der Waals surface area contributed by atoms with Gasteiger partial charge in [0.15, 0.2) is 17.2 Å². The molecule has 0 bridgehead atoms. The van der Waals surface area contributed by atoms with Crippen LogP contribution in [0.15, 0.2) is 91.0 Å². The van der Waals surface area contributed by atoms with Crippen LogP contribution in [-0.2, 0) is 14.7 Å². The minimum atomic E-state index is 0.0704. The van der Waals surface area contributed by atoms with Crippen molar-refractivity contribution >= 4 is 0 Å². The van der Waals surface area contributed by atoms with Crippen molar-refractivity contribution in [2.45, 2.75) is 232 Å². The zero-order chi connectivity index (χ0) is 45.2. The van der Waals surface area contributed by atoms with Gasteiger partial charge in [0.1, 0.15) is 19.8 Å². The van der Waals surface area contributed by atoms with E-state index in [0.717, 1.165) is 38.5 Å². The van der Waals surface area contributed by atoms with Crippen molar-refractivity contribution in [2.75, 3.05) is 19.8 Å². The van der Waals surface area contributed by atoms with Crippen LogP contribution in [0.1, 0.15) is 213 Å². The summed E-state index contributed by atoms with van der Waals surface area (Å²) in [7, 11) is 0. The van der Waals surface area contributed by atoms with Gasteiger partial charge in [-0.1, -0.05) is 249 Å². The van der Waals surface area contributed by atoms with E-state index in [1.807, 2.05) is 91.0 Å². The van der Waals surface area contributed by atoms with E-state index in [4.69, 9.17) is 29.3 Å². The molecule has 362 valence electrons. The minimum absolute atomic E-state index is 0.0704. The molecular formula is C57H93NO6. The largest absolute Gasteiger partial charge is 0.338 e. The predicted octanol–water partition coefficient (Wildman–Crippen LogP) is 17.2. The first-order valence-electron chi connectivity index (χ1n) is 26.6. The van der Waals surface area contributed by atoms with Gasteiger partial charge in [0.2, 0.25) is 0 Å². The first-order chi connectivity index (χ1) is 31.7. The van der Waals surface area contributed by atoms with Gasteiger partial charge >= 0.3 is 0 Å². The highest BCUT2D eigenvalue weighted by Gasteiger charge is 2.34. The van der Waals surface area contributed by atoms with Crippen molar-refractivity contribution in [3.63, 3.8) is 0 Å². The van der Waals surface area contributed by atoms with Gasteiger partial charge in [0.25, 0.3) is 0 Å². The molecule has 0 aliphatic heterocycles. The van der Waals surface area contributed by atoms with Crippen LogP contribution in [0.3, 0.4) is 0 Å². The van der Waals surface area contributed by atoms with Crippen LogP contribution in [0.25, 0.3) is 0 Å². The lowest BCUT2D eigenvalue weighted by atomic mass is 9.96. The number of rotatable bonds is 45. The van der Waals surface area contributed by atoms with Crippen molar-refractivity contribution < 1.29 is 29.3 Å². The van der Waals surface area contributed by atoms with E-state index in [9.17, 15) is 0 Å². The highest BCUT2D eigenvalue weighted by Crippen LogP contribution is 2.27. The standard InChI is InChI=1S/C57H93NO6/c1-4-7-10-13-16-19-22-25-31-40-52(49-59-62-55-43-34-28-35-44-55)58(53(50-60-63-56-45-36-29-37-46-56)41-32-26-23-20-17-14-11-8-5-2)54(51-61-64-57-47-38-30-39-48-57)42-33-27-24-21-18-15-12-9-6-3/h28-30,34-39,43-48,52-54H,4-27,31-33,40-42,49-51H2,1-3H3. The average molecular weight is 888 g/mol. The van der Waals surface area contributed by atoms with Gasteiger partial charge < -0.3 is 14.7 Å². The molecule has 0 spiro atoms. The Morgan fingerprint density at radius 1 is 0.297 bits per heavy atom. The van der Waals surface area contributed by atoms with Crippen LogP contribution in [0.4, 0.5) is 0 Å². The summed E-state index contributed by atoms with van der Waals surface area (Å²) >= 11 is 0. The van der Waals surface area contributed by atoms with Crippen molar-refractivity contribution in [3.05, 3.63) is 91.0 Å². The number of hydrogen-bond acceptors (Lipinski definition) is 7. The Morgan fingerprint density at radius 2 is 0.516 bits per heavy atom. The maximum Gasteiger partial charge on any atom is 0.165 e. The van der Waals surface area contributed by atoms with E-state index < -0.39 is 0 Å². The Balaban J connectivity index is 1.89. The van der Waals surface area contributed by atoms with E-state index in [2.05, 4.69) is 25.7 Å². The predicted molar refractivity (Wildman–Crippen MR) is 268 cm³/mol. The lowest BCUT2D eigenvalue weighted by Gasteiger charge is -2.43. The molecule has 0 radical (unpaired) electrons. The second kappa shape index (κ2) is 40.2. The van der Waals surface area contributed by atoms with Crippen molar-refractivity contribution in [1.82, 2.24) is 4.90 Å². The van der Waals surface area contributed by atoms with Gasteiger partial charge in [-0.2, -0.15) is 14.7 Å². The molecule has 3 atom stereocenters. The topological polar surface area (TPSA) is 58.6 Å². The summed E-state index contributed by atoms with van der Waals surface area (Å²) in [6, 6.07) is 29.9. The van der Waals surface area contributed by atoms with Crippen LogP contribution in [-0.4, -0.2) is 42.8 Å². The molecule has 0 fully saturated rings. The number of nitrogens with zero attached hydrogens (tertiary/aromatic N) is 1. The Bertz CT molecular complexity index is 1230. The number of para-hydroxylation sites is 3. The fraction of sp³-hybridized carbons (Fsp3) is 0.684. The highest BCUT2D eigenvalue weighted by molar-refractivity contribution is 5.21. The maximum atomic E-state index is 6.25. The van der Waals surface area contributed by atoms with Crippen LogP contribution in [0, 0.1) is 0 Å². The third-order valence-corrected chi connectivity index (χ3v) is 12.7. The van der Waals surface area contributed by atoms with Gasteiger partial charge in [-0.3, -0.25) is 4.90 Å². The number of unbranched alkanes of at least 4 members (excludes halogenated alkanes) is 24. The summed E-state index contributed by atoms with van der Waals surface area (Å²) in [4.78, 5) is 39.5. The molecule has 3 aromatic carbocycles. The zero-order valence-corrected chi connectivity index (χ0v) is 41.1. The molecule has 0 aliphatic carbocycles. The second-order valence-electron chi connectivity index (χ2n) is 18.3. The maximum absolute atomic E-state index is 6.25. The minimum Gasteiger partial charge on any atom is -0.338 e. The summed E-state index contributed by atoms with van der Waals surface area (Å²) < 4.78 is 0. The molecule has 0 saturated carbocycles. The summed E-state index contributed by atoms with van der Waals surface area (Å²) in [5.41, 5.74) is 0. The summed E-state index contributed by atoms with van der Waals surface area (Å²) in [5, 5.41) is 0. The van der Waals surface area contributed by atoms with E-state index >= 15 is 0 Å². The summed E-state index contributed by atoms with van der Waals surface area (Å²) in [6.45, 7) is 8.19. The molecule has 0 N–H and O–H groups in total. The Kier molecular flexibility index (Phi) is 34.7. The first-order valence-corrected chi connectivity index (χ1v) is 26.6. The molecule has 0 heterocycles. The molecule has 3 rings (SSSR count). The van der Waals surface area contributed by atoms with Gasteiger partial charge in [-0.05, 0) is 55.7 Å². The van der Waals surface area contributed by atoms with E-state index in [0.29, 0.717) is 37.1 Å². The fourth-order valence-corrected chi connectivity index (χ4v) is 8.89. The normalized spacial score (nSPS) is 12.9. The molecular weight excluding hydrogens is 795 g/mol. The summed E-state index contributed by atoms with van der Waals surface area (Å²) in [5.74, 6) is 2.15. The van der Waals surface area contributed by atoms with Gasteiger partial charge in [0, 0.05) is 18.1 Å². The molecule has 0 aromatic heterocycles.